The summed E-state index contributed by atoms with van der Waals surface area (Å²) in [7, 11) is 0. The molecule has 1 aliphatic carbocycles. The highest BCUT2D eigenvalue weighted by Gasteiger charge is 2.22. The molecule has 1 N–H and O–H groups in total. The van der Waals surface area contributed by atoms with Crippen LogP contribution in [0.4, 0.5) is 5.00 Å². The second-order valence-electron chi connectivity index (χ2n) is 6.55. The van der Waals surface area contributed by atoms with Crippen molar-refractivity contribution >= 4 is 55.6 Å². The molecule has 3 heterocycles. The molecule has 0 radical (unpaired) electrons. The molecule has 1 amide bonds. The van der Waals surface area contributed by atoms with Gasteiger partial charge in [-0.25, -0.2) is 9.97 Å². The van der Waals surface area contributed by atoms with Gasteiger partial charge >= 0.3 is 0 Å². The fourth-order valence-corrected chi connectivity index (χ4v) is 6.61. The summed E-state index contributed by atoms with van der Waals surface area (Å²) >= 11 is 4.66. The summed E-state index contributed by atoms with van der Waals surface area (Å²) in [5.74, 6) is 0.882. The highest BCUT2D eigenvalue weighted by molar-refractivity contribution is 8.00. The molecule has 0 spiro atoms. The Labute approximate surface area is 169 Å². The number of thiophene rings is 2. The Hall–Kier alpha value is -1.95. The molecule has 27 heavy (non-hydrogen) atoms. The van der Waals surface area contributed by atoms with Crippen molar-refractivity contribution in [2.45, 2.75) is 45.1 Å². The van der Waals surface area contributed by atoms with Gasteiger partial charge in [-0.15, -0.1) is 22.7 Å². The average Bonchev–Trinajstić information content (AvgIpc) is 3.26. The Morgan fingerprint density at radius 3 is 2.85 bits per heavy atom. The van der Waals surface area contributed by atoms with E-state index < -0.39 is 0 Å². The fourth-order valence-electron chi connectivity index (χ4n) is 3.31. The molecule has 1 aliphatic rings. The van der Waals surface area contributed by atoms with E-state index >= 15 is 0 Å². The molecule has 0 bridgehead atoms. The Bertz CT molecular complexity index is 1110. The Morgan fingerprint density at radius 2 is 2.07 bits per heavy atom. The summed E-state index contributed by atoms with van der Waals surface area (Å²) in [5, 5.41) is 14.9. The normalized spacial score (nSPS) is 13.0. The maximum Gasteiger partial charge on any atom is 0.235 e. The van der Waals surface area contributed by atoms with E-state index in [1.54, 1.807) is 11.3 Å². The van der Waals surface area contributed by atoms with Crippen LogP contribution in [0.1, 0.15) is 38.7 Å². The summed E-state index contributed by atoms with van der Waals surface area (Å²) in [6, 6.07) is 2.19. The lowest BCUT2D eigenvalue weighted by Crippen LogP contribution is -2.14. The number of hydrogen-bond acceptors (Lipinski definition) is 7. The Morgan fingerprint density at radius 1 is 1.26 bits per heavy atom. The van der Waals surface area contributed by atoms with Crippen LogP contribution < -0.4 is 5.32 Å². The van der Waals surface area contributed by atoms with Crippen LogP contribution in [-0.4, -0.2) is 21.6 Å². The first-order valence-corrected chi connectivity index (χ1v) is 11.3. The van der Waals surface area contributed by atoms with Crippen LogP contribution in [0.25, 0.3) is 10.2 Å². The summed E-state index contributed by atoms with van der Waals surface area (Å²) in [5.41, 5.74) is 2.87. The van der Waals surface area contributed by atoms with Crippen LogP contribution in [0.2, 0.25) is 0 Å². The second kappa shape index (κ2) is 7.23. The largest absolute Gasteiger partial charge is 0.316 e. The van der Waals surface area contributed by atoms with E-state index in [1.807, 2.05) is 20.8 Å². The minimum Gasteiger partial charge on any atom is -0.316 e. The maximum atomic E-state index is 12.5. The van der Waals surface area contributed by atoms with Crippen LogP contribution in [-0.2, 0) is 17.6 Å². The van der Waals surface area contributed by atoms with Gasteiger partial charge in [0.15, 0.2) is 0 Å². The molecule has 8 heteroatoms. The van der Waals surface area contributed by atoms with E-state index in [0.29, 0.717) is 10.6 Å². The number of nitrogens with zero attached hydrogens (tertiary/aromatic N) is 3. The van der Waals surface area contributed by atoms with Gasteiger partial charge in [-0.2, -0.15) is 5.26 Å². The van der Waals surface area contributed by atoms with Crippen LogP contribution >= 0.6 is 34.4 Å². The van der Waals surface area contributed by atoms with Crippen molar-refractivity contribution in [3.63, 3.8) is 0 Å². The third kappa shape index (κ3) is 3.35. The van der Waals surface area contributed by atoms with Crippen molar-refractivity contribution in [2.24, 2.45) is 0 Å². The highest BCUT2D eigenvalue weighted by Crippen LogP contribution is 2.40. The van der Waals surface area contributed by atoms with Gasteiger partial charge in [-0.3, -0.25) is 4.79 Å². The lowest BCUT2D eigenvalue weighted by molar-refractivity contribution is -0.113. The van der Waals surface area contributed by atoms with Crippen molar-refractivity contribution in [1.29, 1.82) is 5.26 Å². The lowest BCUT2D eigenvalue weighted by atomic mass is 10.2. The minimum atomic E-state index is -0.117. The number of hydrogen-bond donors (Lipinski definition) is 1. The van der Waals surface area contributed by atoms with Crippen LogP contribution in [0.5, 0.6) is 0 Å². The van der Waals surface area contributed by atoms with E-state index in [2.05, 4.69) is 21.4 Å². The Balaban J connectivity index is 1.55. The van der Waals surface area contributed by atoms with Gasteiger partial charge in [0.1, 0.15) is 26.8 Å². The molecule has 0 fully saturated rings. The number of aryl methyl sites for hydroxylation is 4. The maximum absolute atomic E-state index is 12.5. The molecule has 0 aromatic carbocycles. The predicted molar refractivity (Wildman–Crippen MR) is 112 cm³/mol. The number of amides is 1. The quantitative estimate of drug-likeness (QED) is 0.491. The van der Waals surface area contributed by atoms with E-state index in [0.717, 1.165) is 44.3 Å². The minimum absolute atomic E-state index is 0.117. The van der Waals surface area contributed by atoms with Gasteiger partial charge in [-0.05, 0) is 51.2 Å². The number of carbonyl (C=O) groups is 1. The molecule has 5 nitrogen and oxygen atoms in total. The van der Waals surface area contributed by atoms with Crippen molar-refractivity contribution in [3.05, 3.63) is 32.3 Å². The first kappa shape index (κ1) is 18.4. The number of nitriles is 1. The SMILES string of the molecule is Cc1nc(SCC(=O)Nc2sc(C)c(C)c2C#N)c2c3c(sc2n1)CCC3. The topological polar surface area (TPSA) is 78.7 Å². The number of anilines is 1. The van der Waals surface area contributed by atoms with Crippen LogP contribution in [0.3, 0.4) is 0 Å². The number of fused-ring (bicyclic) bond motifs is 3. The molecular formula is C19H18N4OS3. The highest BCUT2D eigenvalue weighted by atomic mass is 32.2. The molecule has 3 aromatic rings. The van der Waals surface area contributed by atoms with Gasteiger partial charge in [0.25, 0.3) is 0 Å². The summed E-state index contributed by atoms with van der Waals surface area (Å²) in [6.45, 7) is 5.76. The van der Waals surface area contributed by atoms with Crippen molar-refractivity contribution in [3.8, 4) is 6.07 Å². The number of aromatic nitrogens is 2. The van der Waals surface area contributed by atoms with E-state index in [1.165, 1.54) is 40.0 Å². The van der Waals surface area contributed by atoms with E-state index in [-0.39, 0.29) is 11.7 Å². The van der Waals surface area contributed by atoms with Gasteiger partial charge in [0.05, 0.1) is 11.3 Å². The molecule has 138 valence electrons. The van der Waals surface area contributed by atoms with Gasteiger partial charge < -0.3 is 5.32 Å². The molecule has 4 rings (SSSR count). The smallest absolute Gasteiger partial charge is 0.235 e. The van der Waals surface area contributed by atoms with Gasteiger partial charge in [0, 0.05) is 15.1 Å². The van der Waals surface area contributed by atoms with Gasteiger partial charge in [-0.1, -0.05) is 11.8 Å². The number of rotatable bonds is 4. The first-order valence-electron chi connectivity index (χ1n) is 8.69. The van der Waals surface area contributed by atoms with E-state index in [4.69, 9.17) is 0 Å². The van der Waals surface area contributed by atoms with Crippen LogP contribution in [0, 0.1) is 32.1 Å². The third-order valence-corrected chi connectivity index (χ3v) is 8.02. The number of carbonyl (C=O) groups excluding carboxylic acids is 1. The standard InChI is InChI=1S/C19H18N4OS3/c1-9-10(2)26-17(13(9)7-20)23-15(24)8-25-18-16-12-5-4-6-14(12)27-19(16)22-11(3)21-18/h4-6,8H2,1-3H3,(H,23,24). The zero-order valence-electron chi connectivity index (χ0n) is 15.3. The molecular weight excluding hydrogens is 396 g/mol. The van der Waals surface area contributed by atoms with Gasteiger partial charge in [0.2, 0.25) is 5.91 Å². The fraction of sp³-hybridized carbons (Fsp3) is 0.368. The Kier molecular flexibility index (Phi) is 4.93. The van der Waals surface area contributed by atoms with Crippen molar-refractivity contribution in [1.82, 2.24) is 9.97 Å². The molecule has 0 saturated heterocycles. The molecule has 3 aromatic heterocycles. The van der Waals surface area contributed by atoms with Crippen LogP contribution in [0.15, 0.2) is 5.03 Å². The second-order valence-corrected chi connectivity index (χ2v) is 9.82. The van der Waals surface area contributed by atoms with Crippen molar-refractivity contribution < 1.29 is 4.79 Å². The lowest BCUT2D eigenvalue weighted by Gasteiger charge is -2.06. The zero-order chi connectivity index (χ0) is 19.1. The third-order valence-electron chi connectivity index (χ3n) is 4.73. The molecule has 0 saturated carbocycles. The monoisotopic (exact) mass is 414 g/mol. The first-order chi connectivity index (χ1) is 13.0. The molecule has 0 atom stereocenters. The summed E-state index contributed by atoms with van der Waals surface area (Å²) < 4.78 is 0. The number of nitrogens with one attached hydrogen (secondary N) is 1. The summed E-state index contributed by atoms with van der Waals surface area (Å²) in [6.07, 6.45) is 3.37. The average molecular weight is 415 g/mol. The van der Waals surface area contributed by atoms with E-state index in [9.17, 15) is 10.1 Å². The molecule has 0 aliphatic heterocycles. The molecule has 0 unspecified atom stereocenters. The van der Waals surface area contributed by atoms with Crippen molar-refractivity contribution in [2.75, 3.05) is 11.1 Å². The summed E-state index contributed by atoms with van der Waals surface area (Å²) in [4.78, 5) is 25.2. The number of thioether (sulfide) groups is 1. The predicted octanol–water partition coefficient (Wildman–Crippen LogP) is 4.77. The zero-order valence-corrected chi connectivity index (χ0v) is 17.8.